The van der Waals surface area contributed by atoms with E-state index >= 15 is 0 Å². The highest BCUT2D eigenvalue weighted by atomic mass is 35.5. The molecule has 19 heavy (non-hydrogen) atoms. The van der Waals surface area contributed by atoms with E-state index in [0.717, 1.165) is 18.4 Å². The Morgan fingerprint density at radius 2 is 2.26 bits per heavy atom. The quantitative estimate of drug-likeness (QED) is 0.842. The van der Waals surface area contributed by atoms with E-state index in [1.54, 1.807) is 12.1 Å². The molecule has 2 rings (SSSR count). The van der Waals surface area contributed by atoms with Crippen LogP contribution in [0.15, 0.2) is 18.2 Å². The second-order valence-electron chi connectivity index (χ2n) is 4.82. The van der Waals surface area contributed by atoms with Gasteiger partial charge in [-0.25, -0.2) is 0 Å². The molecular formula is C14H19ClN2O2. The van der Waals surface area contributed by atoms with Gasteiger partial charge in [0, 0.05) is 22.7 Å². The highest BCUT2D eigenvalue weighted by molar-refractivity contribution is 6.30. The van der Waals surface area contributed by atoms with Gasteiger partial charge in [-0.05, 0) is 45.0 Å². The molecule has 2 N–H and O–H groups in total. The molecule has 0 aromatic heterocycles. The van der Waals surface area contributed by atoms with Crippen LogP contribution in [0.2, 0.25) is 5.02 Å². The average molecular weight is 283 g/mol. The van der Waals surface area contributed by atoms with Crippen LogP contribution in [0.5, 0.6) is 5.75 Å². The number of benzene rings is 1. The maximum atomic E-state index is 11.6. The molecule has 1 unspecified atom stereocenters. The molecular weight excluding hydrogens is 264 g/mol. The van der Waals surface area contributed by atoms with Crippen LogP contribution in [0.3, 0.4) is 0 Å². The van der Waals surface area contributed by atoms with Gasteiger partial charge in [0.1, 0.15) is 5.75 Å². The van der Waals surface area contributed by atoms with E-state index in [9.17, 15) is 4.79 Å². The molecule has 0 aliphatic heterocycles. The minimum Gasteiger partial charge on any atom is -0.483 e. The Bertz CT molecular complexity index is 461. The number of amides is 1. The standard InChI is InChI=1S/C14H19ClN2O2/c1-9(16-2)12-7-10(15)3-6-13(12)19-8-14(18)17-11-4-5-11/h3,6-7,9,11,16H,4-5,8H2,1-2H3,(H,17,18). The fraction of sp³-hybridized carbons (Fsp3) is 0.500. The van der Waals surface area contributed by atoms with E-state index in [1.807, 2.05) is 20.0 Å². The van der Waals surface area contributed by atoms with Crippen molar-refractivity contribution < 1.29 is 9.53 Å². The van der Waals surface area contributed by atoms with Crippen molar-refractivity contribution in [2.75, 3.05) is 13.7 Å². The van der Waals surface area contributed by atoms with Gasteiger partial charge < -0.3 is 15.4 Å². The van der Waals surface area contributed by atoms with E-state index in [4.69, 9.17) is 16.3 Å². The van der Waals surface area contributed by atoms with Gasteiger partial charge in [-0.3, -0.25) is 4.79 Å². The van der Waals surface area contributed by atoms with Crippen LogP contribution >= 0.6 is 11.6 Å². The Morgan fingerprint density at radius 3 is 2.89 bits per heavy atom. The van der Waals surface area contributed by atoms with Crippen LogP contribution in [-0.4, -0.2) is 25.6 Å². The molecule has 0 spiro atoms. The number of hydrogen-bond acceptors (Lipinski definition) is 3. The molecule has 1 fully saturated rings. The summed E-state index contributed by atoms with van der Waals surface area (Å²) >= 11 is 6.00. The third-order valence-electron chi connectivity index (χ3n) is 3.17. The van der Waals surface area contributed by atoms with E-state index in [2.05, 4.69) is 10.6 Å². The summed E-state index contributed by atoms with van der Waals surface area (Å²) < 4.78 is 5.59. The van der Waals surface area contributed by atoms with Crippen molar-refractivity contribution in [3.63, 3.8) is 0 Å². The Balaban J connectivity index is 1.99. The zero-order chi connectivity index (χ0) is 13.8. The Hall–Kier alpha value is -1.26. The van der Waals surface area contributed by atoms with Crippen LogP contribution in [0.25, 0.3) is 0 Å². The van der Waals surface area contributed by atoms with E-state index in [1.165, 1.54) is 0 Å². The van der Waals surface area contributed by atoms with Gasteiger partial charge in [-0.15, -0.1) is 0 Å². The normalized spacial score (nSPS) is 15.9. The Kier molecular flexibility index (Phi) is 4.66. The van der Waals surface area contributed by atoms with Gasteiger partial charge in [-0.1, -0.05) is 11.6 Å². The summed E-state index contributed by atoms with van der Waals surface area (Å²) in [6, 6.07) is 5.89. The van der Waals surface area contributed by atoms with Crippen LogP contribution in [0.4, 0.5) is 0 Å². The van der Waals surface area contributed by atoms with Crippen molar-refractivity contribution in [2.24, 2.45) is 0 Å². The lowest BCUT2D eigenvalue weighted by Crippen LogP contribution is -2.30. The first kappa shape index (κ1) is 14.2. The highest BCUT2D eigenvalue weighted by Gasteiger charge is 2.23. The molecule has 1 aromatic rings. The molecule has 104 valence electrons. The smallest absolute Gasteiger partial charge is 0.258 e. The minimum atomic E-state index is -0.0690. The number of rotatable bonds is 6. The van der Waals surface area contributed by atoms with Crippen LogP contribution < -0.4 is 15.4 Å². The topological polar surface area (TPSA) is 50.4 Å². The maximum Gasteiger partial charge on any atom is 0.258 e. The summed E-state index contributed by atoms with van der Waals surface area (Å²) in [5.74, 6) is 0.623. The number of carbonyl (C=O) groups is 1. The van der Waals surface area contributed by atoms with E-state index in [0.29, 0.717) is 16.8 Å². The molecule has 1 atom stereocenters. The second kappa shape index (κ2) is 6.26. The van der Waals surface area contributed by atoms with Gasteiger partial charge in [0.2, 0.25) is 0 Å². The van der Waals surface area contributed by atoms with Crippen molar-refractivity contribution in [1.29, 1.82) is 0 Å². The van der Waals surface area contributed by atoms with E-state index in [-0.39, 0.29) is 18.6 Å². The first-order valence-corrected chi connectivity index (χ1v) is 6.87. The van der Waals surface area contributed by atoms with Crippen molar-refractivity contribution in [1.82, 2.24) is 10.6 Å². The third kappa shape index (κ3) is 4.11. The van der Waals surface area contributed by atoms with Crippen LogP contribution in [0.1, 0.15) is 31.4 Å². The predicted octanol–water partition coefficient (Wildman–Crippen LogP) is 2.28. The third-order valence-corrected chi connectivity index (χ3v) is 3.41. The number of halogens is 1. The van der Waals surface area contributed by atoms with Crippen molar-refractivity contribution in [2.45, 2.75) is 31.8 Å². The number of nitrogens with one attached hydrogen (secondary N) is 2. The molecule has 1 saturated carbocycles. The molecule has 1 amide bonds. The summed E-state index contributed by atoms with van der Waals surface area (Å²) in [7, 11) is 1.87. The molecule has 5 heteroatoms. The first-order valence-electron chi connectivity index (χ1n) is 6.49. The van der Waals surface area contributed by atoms with Crippen LogP contribution in [0, 0.1) is 0 Å². The van der Waals surface area contributed by atoms with Gasteiger partial charge >= 0.3 is 0 Å². The van der Waals surface area contributed by atoms with Crippen molar-refractivity contribution in [3.05, 3.63) is 28.8 Å². The van der Waals surface area contributed by atoms with E-state index < -0.39 is 0 Å². The highest BCUT2D eigenvalue weighted by Crippen LogP contribution is 2.28. The minimum absolute atomic E-state index is 0.0432. The first-order chi connectivity index (χ1) is 9.10. The summed E-state index contributed by atoms with van der Waals surface area (Å²) in [4.78, 5) is 11.6. The molecule has 0 radical (unpaired) electrons. The molecule has 0 bridgehead atoms. The Morgan fingerprint density at radius 1 is 1.53 bits per heavy atom. The lowest BCUT2D eigenvalue weighted by molar-refractivity contribution is -0.123. The summed E-state index contributed by atoms with van der Waals surface area (Å²) in [5, 5.41) is 6.69. The molecule has 1 aliphatic carbocycles. The molecule has 1 aliphatic rings. The molecule has 0 saturated heterocycles. The lowest BCUT2D eigenvalue weighted by atomic mass is 10.1. The summed E-state index contributed by atoms with van der Waals surface area (Å²) in [5.41, 5.74) is 0.953. The van der Waals surface area contributed by atoms with Gasteiger partial charge in [0.15, 0.2) is 6.61 Å². The number of carbonyl (C=O) groups excluding carboxylic acids is 1. The van der Waals surface area contributed by atoms with Crippen molar-refractivity contribution >= 4 is 17.5 Å². The largest absolute Gasteiger partial charge is 0.483 e. The maximum absolute atomic E-state index is 11.6. The summed E-state index contributed by atoms with van der Waals surface area (Å²) in [6.07, 6.45) is 2.16. The molecule has 1 aromatic carbocycles. The predicted molar refractivity (Wildman–Crippen MR) is 75.6 cm³/mol. The summed E-state index contributed by atoms with van der Waals surface area (Å²) in [6.45, 7) is 2.06. The van der Waals surface area contributed by atoms with Gasteiger partial charge in [-0.2, -0.15) is 0 Å². The van der Waals surface area contributed by atoms with Gasteiger partial charge in [0.05, 0.1) is 0 Å². The average Bonchev–Trinajstić information content (AvgIpc) is 3.20. The fourth-order valence-electron chi connectivity index (χ4n) is 1.78. The van der Waals surface area contributed by atoms with Gasteiger partial charge in [0.25, 0.3) is 5.91 Å². The zero-order valence-corrected chi connectivity index (χ0v) is 12.0. The fourth-order valence-corrected chi connectivity index (χ4v) is 1.97. The zero-order valence-electron chi connectivity index (χ0n) is 11.2. The second-order valence-corrected chi connectivity index (χ2v) is 5.26. The SMILES string of the molecule is CNC(C)c1cc(Cl)ccc1OCC(=O)NC1CC1. The van der Waals surface area contributed by atoms with Crippen LogP contribution in [-0.2, 0) is 4.79 Å². The lowest BCUT2D eigenvalue weighted by Gasteiger charge is -2.16. The number of ether oxygens (including phenoxy) is 1. The molecule has 4 nitrogen and oxygen atoms in total. The monoisotopic (exact) mass is 282 g/mol. The number of hydrogen-bond donors (Lipinski definition) is 2. The van der Waals surface area contributed by atoms with Crippen molar-refractivity contribution in [3.8, 4) is 5.75 Å². The molecule has 0 heterocycles. The Labute approximate surface area is 118 Å².